The van der Waals surface area contributed by atoms with Crippen LogP contribution in [0.4, 0.5) is 10.1 Å². The quantitative estimate of drug-likeness (QED) is 0.716. The first-order valence-electron chi connectivity index (χ1n) is 8.05. The molecule has 0 radical (unpaired) electrons. The molecule has 0 atom stereocenters. The first-order chi connectivity index (χ1) is 12.8. The van der Waals surface area contributed by atoms with Gasteiger partial charge in [-0.2, -0.15) is 0 Å². The summed E-state index contributed by atoms with van der Waals surface area (Å²) in [6.45, 7) is 1.70. The second-order valence-corrected chi connectivity index (χ2v) is 6.41. The largest absolute Gasteiger partial charge is 0.456 e. The van der Waals surface area contributed by atoms with Crippen molar-refractivity contribution in [1.82, 2.24) is 4.57 Å². The van der Waals surface area contributed by atoms with Crippen LogP contribution in [0.25, 0.3) is 0 Å². The Morgan fingerprint density at radius 3 is 2.56 bits per heavy atom. The van der Waals surface area contributed by atoms with Crippen LogP contribution in [0, 0.1) is 12.7 Å². The van der Waals surface area contributed by atoms with Crippen molar-refractivity contribution in [3.8, 4) is 11.5 Å². The van der Waals surface area contributed by atoms with Gasteiger partial charge in [0.2, 0.25) is 0 Å². The topological polar surface area (TPSA) is 60.3 Å². The normalized spacial score (nSPS) is 10.5. The van der Waals surface area contributed by atoms with Gasteiger partial charge in [-0.15, -0.1) is 0 Å². The van der Waals surface area contributed by atoms with Gasteiger partial charge in [-0.1, -0.05) is 11.6 Å². The Labute approximate surface area is 160 Å². The summed E-state index contributed by atoms with van der Waals surface area (Å²) in [5, 5.41) is 3.01. The van der Waals surface area contributed by atoms with E-state index in [1.54, 1.807) is 38.4 Å². The first-order valence-corrected chi connectivity index (χ1v) is 8.43. The Kier molecular flexibility index (Phi) is 5.28. The van der Waals surface area contributed by atoms with E-state index in [9.17, 15) is 14.0 Å². The molecule has 0 fully saturated rings. The number of hydrogen-bond donors (Lipinski definition) is 1. The van der Waals surface area contributed by atoms with Crippen LogP contribution in [-0.2, 0) is 7.05 Å². The van der Waals surface area contributed by atoms with Crippen LogP contribution in [0.2, 0.25) is 5.02 Å². The van der Waals surface area contributed by atoms with Crippen LogP contribution in [0.1, 0.15) is 15.9 Å². The zero-order valence-corrected chi connectivity index (χ0v) is 15.4. The molecule has 0 bridgehead atoms. The molecule has 2 aromatic carbocycles. The number of ether oxygens (including phenoxy) is 1. The number of aromatic nitrogens is 1. The molecular weight excluding hydrogens is 371 g/mol. The van der Waals surface area contributed by atoms with Crippen molar-refractivity contribution in [3.05, 3.63) is 87.0 Å². The number of pyridine rings is 1. The molecule has 1 amide bonds. The summed E-state index contributed by atoms with van der Waals surface area (Å²) in [6.07, 6.45) is 1.55. The molecule has 1 aromatic heterocycles. The van der Waals surface area contributed by atoms with Gasteiger partial charge in [0.1, 0.15) is 17.3 Å². The second kappa shape index (κ2) is 7.63. The number of amides is 1. The molecule has 0 aliphatic carbocycles. The average Bonchev–Trinajstić information content (AvgIpc) is 2.62. The number of benzene rings is 2. The molecule has 0 aliphatic rings. The Morgan fingerprint density at radius 1 is 1.11 bits per heavy atom. The fraction of sp³-hybridized carbons (Fsp3) is 0.100. The van der Waals surface area contributed by atoms with Crippen molar-refractivity contribution in [3.63, 3.8) is 0 Å². The van der Waals surface area contributed by atoms with Gasteiger partial charge in [0.15, 0.2) is 0 Å². The van der Waals surface area contributed by atoms with E-state index in [2.05, 4.69) is 5.32 Å². The van der Waals surface area contributed by atoms with Crippen molar-refractivity contribution in [1.29, 1.82) is 0 Å². The van der Waals surface area contributed by atoms with Gasteiger partial charge in [0.05, 0.1) is 5.56 Å². The van der Waals surface area contributed by atoms with E-state index in [1.165, 1.54) is 34.9 Å². The number of nitrogens with zero attached hydrogens (tertiary/aromatic N) is 1. The lowest BCUT2D eigenvalue weighted by Gasteiger charge is -2.13. The van der Waals surface area contributed by atoms with E-state index >= 15 is 0 Å². The SMILES string of the molecule is Cc1cc(F)ccc1Oc1ccc(Cl)cc1C(=O)Nc1ccn(C)c(=O)c1. The number of nitrogens with one attached hydrogen (secondary N) is 1. The molecule has 7 heteroatoms. The van der Waals surface area contributed by atoms with E-state index in [0.29, 0.717) is 22.0 Å². The number of carbonyl (C=O) groups is 1. The smallest absolute Gasteiger partial charge is 0.259 e. The number of aryl methyl sites for hydroxylation is 2. The van der Waals surface area contributed by atoms with Crippen LogP contribution < -0.4 is 15.6 Å². The Bertz CT molecular complexity index is 1080. The summed E-state index contributed by atoms with van der Waals surface area (Å²) in [5.41, 5.74) is 0.874. The summed E-state index contributed by atoms with van der Waals surface area (Å²) in [4.78, 5) is 24.4. The number of halogens is 2. The molecule has 3 rings (SSSR count). The molecule has 138 valence electrons. The molecule has 0 saturated heterocycles. The van der Waals surface area contributed by atoms with Crippen LogP contribution >= 0.6 is 11.6 Å². The van der Waals surface area contributed by atoms with E-state index in [0.717, 1.165) is 0 Å². The summed E-state index contributed by atoms with van der Waals surface area (Å²) in [7, 11) is 1.61. The zero-order valence-electron chi connectivity index (χ0n) is 14.6. The maximum absolute atomic E-state index is 13.3. The van der Waals surface area contributed by atoms with E-state index < -0.39 is 5.91 Å². The molecular formula is C20H16ClFN2O3. The van der Waals surface area contributed by atoms with Crippen molar-refractivity contribution in [2.75, 3.05) is 5.32 Å². The lowest BCUT2D eigenvalue weighted by Crippen LogP contribution is -2.18. The minimum absolute atomic E-state index is 0.187. The lowest BCUT2D eigenvalue weighted by atomic mass is 10.1. The fourth-order valence-electron chi connectivity index (χ4n) is 2.44. The van der Waals surface area contributed by atoms with Gasteiger partial charge in [0.25, 0.3) is 11.5 Å². The van der Waals surface area contributed by atoms with Crippen molar-refractivity contribution in [2.45, 2.75) is 6.92 Å². The first kappa shape index (κ1) is 18.7. The molecule has 0 saturated carbocycles. The molecule has 5 nitrogen and oxygen atoms in total. The average molecular weight is 387 g/mol. The van der Waals surface area contributed by atoms with E-state index in [1.807, 2.05) is 0 Å². The number of hydrogen-bond acceptors (Lipinski definition) is 3. The predicted octanol–water partition coefficient (Wildman–Crippen LogP) is 4.53. The Morgan fingerprint density at radius 2 is 1.85 bits per heavy atom. The second-order valence-electron chi connectivity index (χ2n) is 5.97. The van der Waals surface area contributed by atoms with Crippen LogP contribution in [0.3, 0.4) is 0 Å². The van der Waals surface area contributed by atoms with Gasteiger partial charge >= 0.3 is 0 Å². The third-order valence-electron chi connectivity index (χ3n) is 3.91. The van der Waals surface area contributed by atoms with Crippen LogP contribution in [-0.4, -0.2) is 10.5 Å². The highest BCUT2D eigenvalue weighted by Crippen LogP contribution is 2.30. The third kappa shape index (κ3) is 4.35. The third-order valence-corrected chi connectivity index (χ3v) is 4.14. The maximum atomic E-state index is 13.3. The molecule has 1 N–H and O–H groups in total. The van der Waals surface area contributed by atoms with Gasteiger partial charge in [-0.05, 0) is 55.0 Å². The summed E-state index contributed by atoms with van der Waals surface area (Å²) >= 11 is 6.03. The van der Waals surface area contributed by atoms with Gasteiger partial charge in [0, 0.05) is 30.0 Å². The van der Waals surface area contributed by atoms with Crippen molar-refractivity contribution >= 4 is 23.2 Å². The number of carbonyl (C=O) groups excluding carboxylic acids is 1. The molecule has 0 unspecified atom stereocenters. The van der Waals surface area contributed by atoms with Crippen LogP contribution in [0.15, 0.2) is 59.5 Å². The Hall–Kier alpha value is -3.12. The van der Waals surface area contributed by atoms with E-state index in [4.69, 9.17) is 16.3 Å². The minimum atomic E-state index is -0.486. The fourth-order valence-corrected chi connectivity index (χ4v) is 2.61. The lowest BCUT2D eigenvalue weighted by molar-refractivity contribution is 0.102. The summed E-state index contributed by atoms with van der Waals surface area (Å²) in [5.74, 6) is -0.183. The van der Waals surface area contributed by atoms with Gasteiger partial charge < -0.3 is 14.6 Å². The minimum Gasteiger partial charge on any atom is -0.456 e. The van der Waals surface area contributed by atoms with Crippen molar-refractivity contribution in [2.24, 2.45) is 7.05 Å². The molecule has 0 spiro atoms. The highest BCUT2D eigenvalue weighted by molar-refractivity contribution is 6.31. The standard InChI is InChI=1S/C20H16ClFN2O3/c1-12-9-14(22)4-6-17(12)27-18-5-3-13(21)10-16(18)20(26)23-15-7-8-24(2)19(25)11-15/h3-11H,1-2H3,(H,23,26). The van der Waals surface area contributed by atoms with Crippen LogP contribution in [0.5, 0.6) is 11.5 Å². The molecule has 0 aliphatic heterocycles. The molecule has 3 aromatic rings. The number of rotatable bonds is 4. The maximum Gasteiger partial charge on any atom is 0.259 e. The predicted molar refractivity (Wildman–Crippen MR) is 102 cm³/mol. The number of anilines is 1. The van der Waals surface area contributed by atoms with Crippen molar-refractivity contribution < 1.29 is 13.9 Å². The highest BCUT2D eigenvalue weighted by atomic mass is 35.5. The van der Waals surface area contributed by atoms with Gasteiger partial charge in [-0.25, -0.2) is 4.39 Å². The molecule has 1 heterocycles. The van der Waals surface area contributed by atoms with E-state index in [-0.39, 0.29) is 22.7 Å². The van der Waals surface area contributed by atoms with Gasteiger partial charge in [-0.3, -0.25) is 9.59 Å². The summed E-state index contributed by atoms with van der Waals surface area (Å²) < 4.78 is 20.5. The highest BCUT2D eigenvalue weighted by Gasteiger charge is 2.16. The summed E-state index contributed by atoms with van der Waals surface area (Å²) in [6, 6.07) is 11.6. The Balaban J connectivity index is 1.92. The zero-order chi connectivity index (χ0) is 19.6. The molecule has 27 heavy (non-hydrogen) atoms. The monoisotopic (exact) mass is 386 g/mol.